The standard InChI is InChI=1S/C29H26BrN3O2/c1-3-7-26(34)33-25(19-11-13-21(30)14-12-19)17-24(32-33)28-27(20-8-5-4-6-9-20)22-16-18(2)10-15-23(22)31-29(28)35/h4-6,8-16,25H,3,7,17H2,1-2H3,(H,31,35). The Balaban J connectivity index is 1.72. The van der Waals surface area contributed by atoms with Crippen LogP contribution in [0.15, 0.2) is 87.2 Å². The molecular weight excluding hydrogens is 502 g/mol. The summed E-state index contributed by atoms with van der Waals surface area (Å²) in [6, 6.07) is 23.7. The average Bonchev–Trinajstić information content (AvgIpc) is 3.30. The van der Waals surface area contributed by atoms with Crippen LogP contribution >= 0.6 is 15.9 Å². The van der Waals surface area contributed by atoms with Crippen LogP contribution in [0.5, 0.6) is 0 Å². The first-order valence-electron chi connectivity index (χ1n) is 11.8. The Bertz CT molecular complexity index is 1490. The molecule has 5 nitrogen and oxygen atoms in total. The Morgan fingerprint density at radius 3 is 2.51 bits per heavy atom. The van der Waals surface area contributed by atoms with Crippen molar-refractivity contribution in [2.75, 3.05) is 0 Å². The number of nitrogens with zero attached hydrogens (tertiary/aromatic N) is 2. The first kappa shape index (κ1) is 23.2. The normalized spacial score (nSPS) is 15.5. The number of aromatic amines is 1. The second-order valence-corrected chi connectivity index (χ2v) is 9.84. The van der Waals surface area contributed by atoms with Crippen molar-refractivity contribution >= 4 is 38.5 Å². The van der Waals surface area contributed by atoms with Gasteiger partial charge in [0.2, 0.25) is 5.91 Å². The van der Waals surface area contributed by atoms with Crippen LogP contribution in [0.2, 0.25) is 0 Å². The molecule has 4 aromatic rings. The molecular formula is C29H26BrN3O2. The van der Waals surface area contributed by atoms with Gasteiger partial charge in [0.05, 0.1) is 17.3 Å². The molecule has 1 aliphatic rings. The maximum Gasteiger partial charge on any atom is 0.258 e. The number of rotatable bonds is 5. The molecule has 176 valence electrons. The first-order valence-corrected chi connectivity index (χ1v) is 12.6. The van der Waals surface area contributed by atoms with E-state index in [0.717, 1.165) is 44.1 Å². The lowest BCUT2D eigenvalue weighted by atomic mass is 9.90. The van der Waals surface area contributed by atoms with Gasteiger partial charge >= 0.3 is 0 Å². The van der Waals surface area contributed by atoms with Gasteiger partial charge in [-0.05, 0) is 48.7 Å². The lowest BCUT2D eigenvalue weighted by Gasteiger charge is -2.22. The van der Waals surface area contributed by atoms with Crippen molar-refractivity contribution in [1.82, 2.24) is 9.99 Å². The topological polar surface area (TPSA) is 65.5 Å². The number of amides is 1. The van der Waals surface area contributed by atoms with Crippen molar-refractivity contribution in [3.05, 3.63) is 104 Å². The van der Waals surface area contributed by atoms with E-state index in [1.54, 1.807) is 5.01 Å². The highest BCUT2D eigenvalue weighted by molar-refractivity contribution is 9.10. The smallest absolute Gasteiger partial charge is 0.258 e. The van der Waals surface area contributed by atoms with Crippen molar-refractivity contribution in [2.24, 2.45) is 5.10 Å². The molecule has 0 bridgehead atoms. The Hall–Kier alpha value is -3.51. The molecule has 6 heteroatoms. The first-order chi connectivity index (χ1) is 17.0. The van der Waals surface area contributed by atoms with Gasteiger partial charge in [-0.1, -0.05) is 76.9 Å². The van der Waals surface area contributed by atoms with E-state index >= 15 is 0 Å². The van der Waals surface area contributed by atoms with E-state index in [1.807, 2.05) is 80.6 Å². The molecule has 2 heterocycles. The number of hydrazone groups is 1. The highest BCUT2D eigenvalue weighted by Crippen LogP contribution is 2.37. The van der Waals surface area contributed by atoms with Crippen molar-refractivity contribution in [1.29, 1.82) is 0 Å². The van der Waals surface area contributed by atoms with Gasteiger partial charge in [-0.15, -0.1) is 0 Å². The maximum atomic E-state index is 13.5. The Morgan fingerprint density at radius 1 is 1.06 bits per heavy atom. The van der Waals surface area contributed by atoms with E-state index in [0.29, 0.717) is 24.1 Å². The van der Waals surface area contributed by atoms with E-state index in [9.17, 15) is 9.59 Å². The molecule has 1 N–H and O–H groups in total. The average molecular weight is 528 g/mol. The minimum absolute atomic E-state index is 0.0373. The number of H-pyrrole nitrogens is 1. The van der Waals surface area contributed by atoms with Gasteiger partial charge in [0, 0.05) is 33.8 Å². The zero-order valence-corrected chi connectivity index (χ0v) is 21.3. The second-order valence-electron chi connectivity index (χ2n) is 8.93. The molecule has 0 fully saturated rings. The van der Waals surface area contributed by atoms with E-state index in [2.05, 4.69) is 27.0 Å². The lowest BCUT2D eigenvalue weighted by molar-refractivity contribution is -0.133. The largest absolute Gasteiger partial charge is 0.321 e. The molecule has 1 aromatic heterocycles. The molecule has 1 amide bonds. The molecule has 0 saturated heterocycles. The summed E-state index contributed by atoms with van der Waals surface area (Å²) in [7, 11) is 0. The molecule has 1 atom stereocenters. The number of carbonyl (C=O) groups excluding carboxylic acids is 1. The van der Waals surface area contributed by atoms with Gasteiger partial charge < -0.3 is 4.98 Å². The molecule has 0 aliphatic carbocycles. The maximum absolute atomic E-state index is 13.5. The van der Waals surface area contributed by atoms with Crippen LogP contribution in [0.4, 0.5) is 0 Å². The number of hydrogen-bond acceptors (Lipinski definition) is 3. The fourth-order valence-electron chi connectivity index (χ4n) is 4.75. The van der Waals surface area contributed by atoms with Gasteiger partial charge in [0.25, 0.3) is 5.56 Å². The number of hydrogen-bond donors (Lipinski definition) is 1. The van der Waals surface area contributed by atoms with Crippen LogP contribution in [0.25, 0.3) is 22.0 Å². The van der Waals surface area contributed by atoms with Gasteiger partial charge in [-0.25, -0.2) is 5.01 Å². The third-order valence-corrected chi connectivity index (χ3v) is 6.93. The quantitative estimate of drug-likeness (QED) is 0.312. The fraction of sp³-hybridized carbons (Fsp3) is 0.207. The lowest BCUT2D eigenvalue weighted by Crippen LogP contribution is -2.26. The molecule has 0 saturated carbocycles. The number of aromatic nitrogens is 1. The van der Waals surface area contributed by atoms with E-state index < -0.39 is 0 Å². The van der Waals surface area contributed by atoms with Crippen molar-refractivity contribution in [3.8, 4) is 11.1 Å². The van der Waals surface area contributed by atoms with E-state index in [1.165, 1.54) is 0 Å². The summed E-state index contributed by atoms with van der Waals surface area (Å²) in [5.74, 6) is -0.0373. The second kappa shape index (κ2) is 9.62. The van der Waals surface area contributed by atoms with Crippen molar-refractivity contribution < 1.29 is 4.79 Å². The molecule has 3 aromatic carbocycles. The van der Waals surface area contributed by atoms with Crippen LogP contribution in [0, 0.1) is 6.92 Å². The zero-order valence-electron chi connectivity index (χ0n) is 19.7. The number of pyridine rings is 1. The monoisotopic (exact) mass is 527 g/mol. The number of nitrogens with one attached hydrogen (secondary N) is 1. The van der Waals surface area contributed by atoms with Gasteiger partial charge in [0.15, 0.2) is 0 Å². The molecule has 0 spiro atoms. The number of fused-ring (bicyclic) bond motifs is 1. The van der Waals surface area contributed by atoms with Crippen LogP contribution < -0.4 is 5.56 Å². The summed E-state index contributed by atoms with van der Waals surface area (Å²) >= 11 is 3.49. The Kier molecular flexibility index (Phi) is 6.39. The number of aryl methyl sites for hydroxylation is 1. The summed E-state index contributed by atoms with van der Waals surface area (Å²) in [6.07, 6.45) is 1.61. The minimum atomic E-state index is -0.256. The third kappa shape index (κ3) is 4.46. The van der Waals surface area contributed by atoms with Gasteiger partial charge in [-0.3, -0.25) is 9.59 Å². The summed E-state index contributed by atoms with van der Waals surface area (Å²) in [5, 5.41) is 7.35. The highest BCUT2D eigenvalue weighted by Gasteiger charge is 2.35. The third-order valence-electron chi connectivity index (χ3n) is 6.41. The fourth-order valence-corrected chi connectivity index (χ4v) is 5.02. The Labute approximate surface area is 212 Å². The minimum Gasteiger partial charge on any atom is -0.321 e. The van der Waals surface area contributed by atoms with Crippen molar-refractivity contribution in [3.63, 3.8) is 0 Å². The van der Waals surface area contributed by atoms with E-state index in [-0.39, 0.29) is 17.5 Å². The SMILES string of the molecule is CCCC(=O)N1N=C(c2c(-c3ccccc3)c3cc(C)ccc3[nH]c2=O)CC1c1ccc(Br)cc1. The molecule has 35 heavy (non-hydrogen) atoms. The van der Waals surface area contributed by atoms with Crippen LogP contribution in [0.3, 0.4) is 0 Å². The summed E-state index contributed by atoms with van der Waals surface area (Å²) < 4.78 is 0.972. The van der Waals surface area contributed by atoms with Gasteiger partial charge in [-0.2, -0.15) is 5.10 Å². The molecule has 5 rings (SSSR count). The van der Waals surface area contributed by atoms with Crippen LogP contribution in [0.1, 0.15) is 48.9 Å². The highest BCUT2D eigenvalue weighted by atomic mass is 79.9. The van der Waals surface area contributed by atoms with Crippen LogP contribution in [-0.4, -0.2) is 21.6 Å². The summed E-state index contributed by atoms with van der Waals surface area (Å²) in [6.45, 7) is 4.03. The molecule has 0 radical (unpaired) electrons. The molecule has 1 aliphatic heterocycles. The van der Waals surface area contributed by atoms with Crippen LogP contribution in [-0.2, 0) is 4.79 Å². The number of benzene rings is 3. The predicted molar refractivity (Wildman–Crippen MR) is 145 cm³/mol. The summed E-state index contributed by atoms with van der Waals surface area (Å²) in [4.78, 5) is 29.7. The molecule has 1 unspecified atom stereocenters. The number of carbonyl (C=O) groups is 1. The summed E-state index contributed by atoms with van der Waals surface area (Å²) in [5.41, 5.74) is 5.65. The number of halogens is 1. The predicted octanol–water partition coefficient (Wildman–Crippen LogP) is 6.74. The van der Waals surface area contributed by atoms with E-state index in [4.69, 9.17) is 5.10 Å². The van der Waals surface area contributed by atoms with Gasteiger partial charge in [0.1, 0.15) is 0 Å². The zero-order chi connectivity index (χ0) is 24.5. The Morgan fingerprint density at radius 2 is 1.80 bits per heavy atom. The van der Waals surface area contributed by atoms with Crippen molar-refractivity contribution in [2.45, 2.75) is 39.2 Å².